The van der Waals surface area contributed by atoms with E-state index in [1.54, 1.807) is 0 Å². The number of carbonyl (C=O) groups is 2. The predicted molar refractivity (Wildman–Crippen MR) is 91.0 cm³/mol. The molecular weight excluding hydrogens is 310 g/mol. The molecule has 138 valence electrons. The van der Waals surface area contributed by atoms with E-state index in [1.807, 2.05) is 11.8 Å². The van der Waals surface area contributed by atoms with Gasteiger partial charge in [0.1, 0.15) is 0 Å². The number of nitrogens with one attached hydrogen (secondary N) is 2. The van der Waals surface area contributed by atoms with Gasteiger partial charge in [-0.2, -0.15) is 0 Å². The van der Waals surface area contributed by atoms with Gasteiger partial charge in [0.05, 0.1) is 12.6 Å². The number of amides is 2. The number of carboxylic acids is 1. The average Bonchev–Trinajstić information content (AvgIpc) is 2.48. The van der Waals surface area contributed by atoms with Gasteiger partial charge < -0.3 is 20.5 Å². The molecule has 1 aliphatic heterocycles. The van der Waals surface area contributed by atoms with Crippen molar-refractivity contribution in [2.75, 3.05) is 19.7 Å². The lowest BCUT2D eigenvalue weighted by Gasteiger charge is -2.42. The normalized spacial score (nSPS) is 30.0. The first-order chi connectivity index (χ1) is 11.4. The van der Waals surface area contributed by atoms with Gasteiger partial charge in [0.15, 0.2) is 0 Å². The summed E-state index contributed by atoms with van der Waals surface area (Å²) in [6.45, 7) is 7.72. The fourth-order valence-corrected chi connectivity index (χ4v) is 3.51. The highest BCUT2D eigenvalue weighted by atomic mass is 16.5. The Kier molecular flexibility index (Phi) is 6.86. The predicted octanol–water partition coefficient (Wildman–Crippen LogP) is 1.43. The Labute approximate surface area is 144 Å². The molecule has 1 saturated carbocycles. The zero-order chi connectivity index (χ0) is 17.7. The topological polar surface area (TPSA) is 90.9 Å². The van der Waals surface area contributed by atoms with Crippen molar-refractivity contribution in [3.63, 3.8) is 0 Å². The van der Waals surface area contributed by atoms with Crippen LogP contribution in [-0.4, -0.2) is 65.9 Å². The molecule has 0 spiro atoms. The van der Waals surface area contributed by atoms with Crippen molar-refractivity contribution in [2.24, 2.45) is 5.92 Å². The number of likely N-dealkylation sites (N-methyl/N-ethyl adjacent to an activating group) is 1. The van der Waals surface area contributed by atoms with E-state index in [1.165, 1.54) is 0 Å². The molecule has 0 aromatic rings. The SMILES string of the molecule is CCN(CC(=O)O)C1CC(NC(=O)NC2CCOC(C(C)C)C2)C1. The maximum atomic E-state index is 12.1. The Morgan fingerprint density at radius 1 is 1.21 bits per heavy atom. The van der Waals surface area contributed by atoms with E-state index < -0.39 is 5.97 Å². The fourth-order valence-electron chi connectivity index (χ4n) is 3.51. The first-order valence-corrected chi connectivity index (χ1v) is 9.03. The summed E-state index contributed by atoms with van der Waals surface area (Å²) in [6.07, 6.45) is 3.56. The first kappa shape index (κ1) is 19.0. The molecule has 2 unspecified atom stereocenters. The van der Waals surface area contributed by atoms with Gasteiger partial charge >= 0.3 is 12.0 Å². The molecule has 7 nitrogen and oxygen atoms in total. The van der Waals surface area contributed by atoms with Crippen LogP contribution in [0.3, 0.4) is 0 Å². The third-order valence-electron chi connectivity index (χ3n) is 5.10. The van der Waals surface area contributed by atoms with Crippen molar-refractivity contribution in [2.45, 2.75) is 70.7 Å². The monoisotopic (exact) mass is 341 g/mol. The largest absolute Gasteiger partial charge is 0.480 e. The van der Waals surface area contributed by atoms with Crippen LogP contribution in [0, 0.1) is 5.92 Å². The average molecular weight is 341 g/mol. The Bertz CT molecular complexity index is 438. The molecule has 3 N–H and O–H groups in total. The minimum absolute atomic E-state index is 0.0682. The molecule has 7 heteroatoms. The summed E-state index contributed by atoms with van der Waals surface area (Å²) in [7, 11) is 0. The summed E-state index contributed by atoms with van der Waals surface area (Å²) in [5.74, 6) is -0.343. The molecule has 2 atom stereocenters. The summed E-state index contributed by atoms with van der Waals surface area (Å²) < 4.78 is 5.72. The van der Waals surface area contributed by atoms with Crippen LogP contribution in [0.5, 0.6) is 0 Å². The Hall–Kier alpha value is -1.34. The maximum Gasteiger partial charge on any atom is 0.317 e. The lowest BCUT2D eigenvalue weighted by Crippen LogP contribution is -2.57. The molecule has 2 rings (SSSR count). The Morgan fingerprint density at radius 3 is 2.46 bits per heavy atom. The lowest BCUT2D eigenvalue weighted by molar-refractivity contribution is -0.139. The molecule has 0 bridgehead atoms. The lowest BCUT2D eigenvalue weighted by atomic mass is 9.85. The number of rotatable bonds is 7. The Morgan fingerprint density at radius 2 is 1.88 bits per heavy atom. The summed E-state index contributed by atoms with van der Waals surface area (Å²) in [6, 6.07) is 0.443. The highest BCUT2D eigenvalue weighted by Crippen LogP contribution is 2.25. The van der Waals surface area contributed by atoms with Gasteiger partial charge in [-0.25, -0.2) is 4.79 Å². The number of hydrogen-bond acceptors (Lipinski definition) is 4. The van der Waals surface area contributed by atoms with Crippen LogP contribution in [0.15, 0.2) is 0 Å². The number of ether oxygens (including phenoxy) is 1. The van der Waals surface area contributed by atoms with Gasteiger partial charge in [0, 0.05) is 24.7 Å². The van der Waals surface area contributed by atoms with Crippen molar-refractivity contribution in [1.82, 2.24) is 15.5 Å². The van der Waals surface area contributed by atoms with Crippen LogP contribution in [0.4, 0.5) is 4.79 Å². The summed E-state index contributed by atoms with van der Waals surface area (Å²) in [5, 5.41) is 15.0. The third kappa shape index (κ3) is 5.34. The van der Waals surface area contributed by atoms with Crippen LogP contribution >= 0.6 is 0 Å². The molecule has 2 amide bonds. The minimum atomic E-state index is -0.801. The molecule has 1 saturated heterocycles. The second kappa shape index (κ2) is 8.67. The Balaban J connectivity index is 1.68. The number of aliphatic carboxylic acids is 1. The zero-order valence-electron chi connectivity index (χ0n) is 15.0. The number of carboxylic acid groups (broad SMARTS) is 1. The first-order valence-electron chi connectivity index (χ1n) is 9.03. The van der Waals surface area contributed by atoms with Crippen molar-refractivity contribution < 1.29 is 19.4 Å². The van der Waals surface area contributed by atoms with Gasteiger partial charge in [-0.05, 0) is 38.1 Å². The number of urea groups is 1. The van der Waals surface area contributed by atoms with Crippen LogP contribution in [0.2, 0.25) is 0 Å². The van der Waals surface area contributed by atoms with Crippen molar-refractivity contribution in [1.29, 1.82) is 0 Å². The smallest absolute Gasteiger partial charge is 0.317 e. The highest BCUT2D eigenvalue weighted by Gasteiger charge is 2.35. The van der Waals surface area contributed by atoms with E-state index in [0.29, 0.717) is 19.1 Å². The molecule has 2 aliphatic rings. The van der Waals surface area contributed by atoms with Gasteiger partial charge in [-0.3, -0.25) is 9.69 Å². The van der Waals surface area contributed by atoms with Crippen molar-refractivity contribution in [3.05, 3.63) is 0 Å². The van der Waals surface area contributed by atoms with Crippen LogP contribution in [0.25, 0.3) is 0 Å². The van der Waals surface area contributed by atoms with E-state index in [9.17, 15) is 9.59 Å². The number of nitrogens with zero attached hydrogens (tertiary/aromatic N) is 1. The van der Waals surface area contributed by atoms with Crippen molar-refractivity contribution >= 4 is 12.0 Å². The van der Waals surface area contributed by atoms with Gasteiger partial charge in [0.25, 0.3) is 0 Å². The van der Waals surface area contributed by atoms with Gasteiger partial charge in [-0.1, -0.05) is 20.8 Å². The van der Waals surface area contributed by atoms with Crippen LogP contribution in [-0.2, 0) is 9.53 Å². The summed E-state index contributed by atoms with van der Waals surface area (Å²) >= 11 is 0. The molecule has 0 radical (unpaired) electrons. The van der Waals surface area contributed by atoms with E-state index in [4.69, 9.17) is 9.84 Å². The third-order valence-corrected chi connectivity index (χ3v) is 5.10. The summed E-state index contributed by atoms with van der Waals surface area (Å²) in [4.78, 5) is 24.9. The molecule has 0 aromatic carbocycles. The van der Waals surface area contributed by atoms with Gasteiger partial charge in [-0.15, -0.1) is 0 Å². The molecule has 1 aliphatic carbocycles. The second-order valence-electron chi connectivity index (χ2n) is 7.27. The van der Waals surface area contributed by atoms with Crippen molar-refractivity contribution in [3.8, 4) is 0 Å². The molecular formula is C17H31N3O4. The number of hydrogen-bond donors (Lipinski definition) is 3. The zero-order valence-corrected chi connectivity index (χ0v) is 15.0. The summed E-state index contributed by atoms with van der Waals surface area (Å²) in [5.41, 5.74) is 0. The maximum absolute atomic E-state index is 12.1. The standard InChI is InChI=1S/C17H31N3O4/c1-4-20(10-16(21)22)14-7-13(8-14)19-17(23)18-12-5-6-24-15(9-12)11(2)3/h11-15H,4-10H2,1-3H3,(H,21,22)(H2,18,19,23). The molecule has 0 aromatic heterocycles. The van der Waals surface area contributed by atoms with E-state index >= 15 is 0 Å². The van der Waals surface area contributed by atoms with E-state index in [0.717, 1.165) is 25.7 Å². The van der Waals surface area contributed by atoms with Crippen LogP contribution in [0.1, 0.15) is 46.5 Å². The molecule has 24 heavy (non-hydrogen) atoms. The molecule has 1 heterocycles. The fraction of sp³-hybridized carbons (Fsp3) is 0.882. The van der Waals surface area contributed by atoms with E-state index in [-0.39, 0.29) is 36.8 Å². The van der Waals surface area contributed by atoms with Gasteiger partial charge in [0.2, 0.25) is 0 Å². The minimum Gasteiger partial charge on any atom is -0.480 e. The van der Waals surface area contributed by atoms with Crippen LogP contribution < -0.4 is 10.6 Å². The highest BCUT2D eigenvalue weighted by molar-refractivity contribution is 5.74. The quantitative estimate of drug-likeness (QED) is 0.652. The molecule has 2 fully saturated rings. The van der Waals surface area contributed by atoms with E-state index in [2.05, 4.69) is 24.5 Å². The second-order valence-corrected chi connectivity index (χ2v) is 7.27. The number of carbonyl (C=O) groups excluding carboxylic acids is 1.